The van der Waals surface area contributed by atoms with E-state index in [0.717, 1.165) is 16.7 Å². The highest BCUT2D eigenvalue weighted by molar-refractivity contribution is 6.32. The molecule has 1 atom stereocenters. The SMILES string of the molecule is Cc1cccc(CN(C(=O)COc2ccccc2Cl)[C@@H](Cc2ccccc2)C(=O)NC(C)(C)C)c1. The van der Waals surface area contributed by atoms with Crippen molar-refractivity contribution < 1.29 is 14.3 Å². The van der Waals surface area contributed by atoms with Crippen molar-refractivity contribution in [2.75, 3.05) is 6.61 Å². The molecule has 6 heteroatoms. The third-order valence-electron chi connectivity index (χ3n) is 5.39. The molecule has 0 saturated carbocycles. The molecular weight excluding hydrogens is 460 g/mol. The van der Waals surface area contributed by atoms with Crippen LogP contribution in [0.1, 0.15) is 37.5 Å². The number of carbonyl (C=O) groups excluding carboxylic acids is 2. The molecule has 0 unspecified atom stereocenters. The zero-order valence-corrected chi connectivity index (χ0v) is 21.5. The molecule has 1 N–H and O–H groups in total. The van der Waals surface area contributed by atoms with Crippen molar-refractivity contribution in [1.29, 1.82) is 0 Å². The van der Waals surface area contributed by atoms with Crippen LogP contribution in [0, 0.1) is 6.92 Å². The minimum Gasteiger partial charge on any atom is -0.482 e. The molecule has 2 amide bonds. The van der Waals surface area contributed by atoms with Gasteiger partial charge in [-0.1, -0.05) is 83.9 Å². The standard InChI is InChI=1S/C29H33ClN2O3/c1-21-11-10-14-23(17-21)19-32(27(33)20-35-26-16-9-8-15-24(26)30)25(28(34)31-29(2,3)4)18-22-12-6-5-7-13-22/h5-17,25H,18-20H2,1-4H3,(H,31,34)/t25-/m0/s1. The lowest BCUT2D eigenvalue weighted by Crippen LogP contribution is -2.55. The summed E-state index contributed by atoms with van der Waals surface area (Å²) in [5.41, 5.74) is 2.55. The van der Waals surface area contributed by atoms with Crippen molar-refractivity contribution in [3.8, 4) is 5.75 Å². The van der Waals surface area contributed by atoms with E-state index in [0.29, 0.717) is 17.2 Å². The second kappa shape index (κ2) is 11.9. The van der Waals surface area contributed by atoms with Gasteiger partial charge in [0.1, 0.15) is 11.8 Å². The molecule has 0 heterocycles. The van der Waals surface area contributed by atoms with Crippen LogP contribution >= 0.6 is 11.6 Å². The Morgan fingerprint density at radius 3 is 2.26 bits per heavy atom. The van der Waals surface area contributed by atoms with Crippen LogP contribution in [0.4, 0.5) is 0 Å². The lowest BCUT2D eigenvalue weighted by Gasteiger charge is -2.33. The van der Waals surface area contributed by atoms with Gasteiger partial charge in [-0.15, -0.1) is 0 Å². The Morgan fingerprint density at radius 2 is 1.60 bits per heavy atom. The second-order valence-electron chi connectivity index (χ2n) is 9.67. The van der Waals surface area contributed by atoms with Crippen molar-refractivity contribution in [3.63, 3.8) is 0 Å². The van der Waals surface area contributed by atoms with Crippen LogP contribution in [0.15, 0.2) is 78.9 Å². The van der Waals surface area contributed by atoms with E-state index in [4.69, 9.17) is 16.3 Å². The minimum atomic E-state index is -0.723. The largest absolute Gasteiger partial charge is 0.482 e. The van der Waals surface area contributed by atoms with Gasteiger partial charge in [-0.25, -0.2) is 0 Å². The van der Waals surface area contributed by atoms with Gasteiger partial charge in [0.25, 0.3) is 5.91 Å². The predicted molar refractivity (Wildman–Crippen MR) is 141 cm³/mol. The first-order valence-corrected chi connectivity index (χ1v) is 12.1. The normalized spacial score (nSPS) is 12.0. The maximum absolute atomic E-state index is 13.6. The lowest BCUT2D eigenvalue weighted by atomic mass is 10.0. The van der Waals surface area contributed by atoms with E-state index in [1.807, 2.05) is 82.3 Å². The Hall–Kier alpha value is -3.31. The fourth-order valence-electron chi connectivity index (χ4n) is 3.80. The monoisotopic (exact) mass is 492 g/mol. The van der Waals surface area contributed by atoms with Gasteiger partial charge in [-0.05, 0) is 51.0 Å². The average Bonchev–Trinajstić information content (AvgIpc) is 2.80. The lowest BCUT2D eigenvalue weighted by molar-refractivity contribution is -0.143. The highest BCUT2D eigenvalue weighted by atomic mass is 35.5. The number of ether oxygens (including phenoxy) is 1. The van der Waals surface area contributed by atoms with Gasteiger partial charge in [-0.3, -0.25) is 9.59 Å². The van der Waals surface area contributed by atoms with Crippen molar-refractivity contribution >= 4 is 23.4 Å². The summed E-state index contributed by atoms with van der Waals surface area (Å²) >= 11 is 6.21. The van der Waals surface area contributed by atoms with E-state index in [1.165, 1.54) is 0 Å². The Kier molecular flexibility index (Phi) is 8.94. The minimum absolute atomic E-state index is 0.208. The molecule has 0 aromatic heterocycles. The number of aryl methyl sites for hydroxylation is 1. The van der Waals surface area contributed by atoms with Crippen LogP contribution in [0.2, 0.25) is 5.02 Å². The Labute approximate surface area is 213 Å². The van der Waals surface area contributed by atoms with Gasteiger partial charge in [0.2, 0.25) is 5.91 Å². The third-order valence-corrected chi connectivity index (χ3v) is 5.70. The van der Waals surface area contributed by atoms with Crippen molar-refractivity contribution in [2.24, 2.45) is 0 Å². The summed E-state index contributed by atoms with van der Waals surface area (Å²) in [7, 11) is 0. The van der Waals surface area contributed by atoms with Gasteiger partial charge >= 0.3 is 0 Å². The molecule has 0 spiro atoms. The molecular formula is C29H33ClN2O3. The molecule has 3 aromatic carbocycles. The number of hydrogen-bond donors (Lipinski definition) is 1. The Bertz CT molecular complexity index is 1140. The molecule has 0 saturated heterocycles. The first kappa shape index (κ1) is 26.3. The topological polar surface area (TPSA) is 58.6 Å². The zero-order valence-electron chi connectivity index (χ0n) is 20.8. The molecule has 184 valence electrons. The molecule has 0 radical (unpaired) electrons. The van der Waals surface area contributed by atoms with Crippen molar-refractivity contribution in [1.82, 2.24) is 10.2 Å². The van der Waals surface area contributed by atoms with Crippen LogP contribution in [0.25, 0.3) is 0 Å². The summed E-state index contributed by atoms with van der Waals surface area (Å²) in [4.78, 5) is 28.7. The summed E-state index contributed by atoms with van der Waals surface area (Å²) in [6, 6.07) is 24.0. The molecule has 3 rings (SSSR count). The van der Waals surface area contributed by atoms with Gasteiger partial charge in [0.15, 0.2) is 6.61 Å². The summed E-state index contributed by atoms with van der Waals surface area (Å²) < 4.78 is 5.77. The van der Waals surface area contributed by atoms with E-state index >= 15 is 0 Å². The number of halogens is 1. The maximum Gasteiger partial charge on any atom is 0.261 e. The summed E-state index contributed by atoms with van der Waals surface area (Å²) in [5.74, 6) is -0.0757. The van der Waals surface area contributed by atoms with E-state index < -0.39 is 11.6 Å². The van der Waals surface area contributed by atoms with Crippen LogP contribution in [0.5, 0.6) is 5.75 Å². The number of benzene rings is 3. The van der Waals surface area contributed by atoms with E-state index in [9.17, 15) is 9.59 Å². The molecule has 0 aliphatic heterocycles. The number of hydrogen-bond acceptors (Lipinski definition) is 3. The van der Waals surface area contributed by atoms with Gasteiger partial charge < -0.3 is 15.0 Å². The first-order chi connectivity index (χ1) is 16.6. The molecule has 5 nitrogen and oxygen atoms in total. The molecule has 0 fully saturated rings. The Balaban J connectivity index is 1.94. The predicted octanol–water partition coefficient (Wildman–Crippen LogP) is 5.58. The summed E-state index contributed by atoms with van der Waals surface area (Å²) in [6.45, 7) is 7.84. The van der Waals surface area contributed by atoms with Crippen LogP contribution in [-0.2, 0) is 22.6 Å². The highest BCUT2D eigenvalue weighted by Crippen LogP contribution is 2.24. The molecule has 0 aliphatic rings. The van der Waals surface area contributed by atoms with E-state index in [2.05, 4.69) is 5.32 Å². The number of para-hydroxylation sites is 1. The van der Waals surface area contributed by atoms with E-state index in [1.54, 1.807) is 29.2 Å². The summed E-state index contributed by atoms with van der Waals surface area (Å²) in [5, 5.41) is 3.49. The number of nitrogens with one attached hydrogen (secondary N) is 1. The van der Waals surface area contributed by atoms with Crippen LogP contribution < -0.4 is 10.1 Å². The third kappa shape index (κ3) is 8.15. The van der Waals surface area contributed by atoms with Gasteiger partial charge in [-0.2, -0.15) is 0 Å². The highest BCUT2D eigenvalue weighted by Gasteiger charge is 2.32. The fraction of sp³-hybridized carbons (Fsp3) is 0.310. The fourth-order valence-corrected chi connectivity index (χ4v) is 3.99. The van der Waals surface area contributed by atoms with Crippen molar-refractivity contribution in [3.05, 3.63) is 101 Å². The number of carbonyl (C=O) groups is 2. The van der Waals surface area contributed by atoms with E-state index in [-0.39, 0.29) is 25.0 Å². The van der Waals surface area contributed by atoms with Crippen LogP contribution in [-0.4, -0.2) is 34.9 Å². The van der Waals surface area contributed by atoms with Gasteiger partial charge in [0.05, 0.1) is 5.02 Å². The summed E-state index contributed by atoms with van der Waals surface area (Å²) in [6.07, 6.45) is 0.381. The van der Waals surface area contributed by atoms with Crippen molar-refractivity contribution in [2.45, 2.75) is 52.2 Å². The number of nitrogens with zero attached hydrogens (tertiary/aromatic N) is 1. The molecule has 0 bridgehead atoms. The molecule has 0 aliphatic carbocycles. The number of amides is 2. The van der Waals surface area contributed by atoms with Gasteiger partial charge in [0, 0.05) is 18.5 Å². The maximum atomic E-state index is 13.6. The first-order valence-electron chi connectivity index (χ1n) is 11.7. The quantitative estimate of drug-likeness (QED) is 0.424. The smallest absolute Gasteiger partial charge is 0.261 e. The number of rotatable bonds is 9. The molecule has 35 heavy (non-hydrogen) atoms. The second-order valence-corrected chi connectivity index (χ2v) is 10.1. The Morgan fingerprint density at radius 1 is 0.943 bits per heavy atom. The zero-order chi connectivity index (χ0) is 25.4. The molecule has 3 aromatic rings. The average molecular weight is 493 g/mol. The van der Waals surface area contributed by atoms with Crippen LogP contribution in [0.3, 0.4) is 0 Å².